The average Bonchev–Trinajstić information content (AvgIpc) is 3.49. The molecule has 45 heavy (non-hydrogen) atoms. The molecular formula is C42H27OPS. The SMILES string of the molecule is O=P(c1ccccc1)(c1ccccc1)c1ccc2sc3ccc(-c4cccc5c6ccccc6c6ccccc6c45)cc3c2c1. The van der Waals surface area contributed by atoms with Gasteiger partial charge in [-0.05, 0) is 73.8 Å². The summed E-state index contributed by atoms with van der Waals surface area (Å²) in [7, 11) is -3.08. The number of hydrogen-bond acceptors (Lipinski definition) is 2. The first-order chi connectivity index (χ1) is 22.2. The van der Waals surface area contributed by atoms with Gasteiger partial charge in [-0.25, -0.2) is 0 Å². The molecule has 1 nitrogen and oxygen atoms in total. The van der Waals surface area contributed by atoms with Crippen molar-refractivity contribution in [2.24, 2.45) is 0 Å². The van der Waals surface area contributed by atoms with E-state index < -0.39 is 7.14 Å². The highest BCUT2D eigenvalue weighted by Crippen LogP contribution is 2.46. The lowest BCUT2D eigenvalue weighted by molar-refractivity contribution is 0.592. The van der Waals surface area contributed by atoms with Crippen molar-refractivity contribution in [3.8, 4) is 11.1 Å². The summed E-state index contributed by atoms with van der Waals surface area (Å²) in [6.07, 6.45) is 0. The van der Waals surface area contributed by atoms with Crippen molar-refractivity contribution in [1.29, 1.82) is 0 Å². The fourth-order valence-electron chi connectivity index (χ4n) is 7.05. The van der Waals surface area contributed by atoms with Crippen LogP contribution < -0.4 is 15.9 Å². The van der Waals surface area contributed by atoms with Crippen LogP contribution in [0.25, 0.3) is 63.6 Å². The van der Waals surface area contributed by atoms with Gasteiger partial charge in [0.1, 0.15) is 0 Å². The molecule has 0 saturated carbocycles. The standard InChI is InChI=1S/C42H27OPS/c43-44(29-12-3-1-4-13-29,30-14-5-2-6-15-30)31-23-25-41-39(27-31)38-26-28(22-24-40(38)45-41)32-20-11-21-37-35-17-8-7-16-33(35)34-18-9-10-19-36(34)42(32)37/h1-27H. The molecule has 0 aliphatic heterocycles. The van der Waals surface area contributed by atoms with Crippen LogP contribution in [-0.4, -0.2) is 0 Å². The molecule has 3 heteroatoms. The number of hydrogen-bond donors (Lipinski definition) is 0. The van der Waals surface area contributed by atoms with E-state index in [9.17, 15) is 0 Å². The van der Waals surface area contributed by atoms with Crippen LogP contribution in [0.4, 0.5) is 0 Å². The Kier molecular flexibility index (Phi) is 6.03. The lowest BCUT2D eigenvalue weighted by Gasteiger charge is -2.20. The van der Waals surface area contributed by atoms with Gasteiger partial charge in [0, 0.05) is 36.1 Å². The van der Waals surface area contributed by atoms with E-state index in [1.807, 2.05) is 60.7 Å². The molecule has 0 aliphatic rings. The van der Waals surface area contributed by atoms with E-state index in [1.165, 1.54) is 58.2 Å². The quantitative estimate of drug-likeness (QED) is 0.143. The summed E-state index contributed by atoms with van der Waals surface area (Å²) >= 11 is 1.79. The minimum absolute atomic E-state index is 0.852. The average molecular weight is 611 g/mol. The molecule has 0 atom stereocenters. The highest BCUT2D eigenvalue weighted by molar-refractivity contribution is 7.85. The Hall–Kier alpha value is -5.01. The van der Waals surface area contributed by atoms with Crippen molar-refractivity contribution in [1.82, 2.24) is 0 Å². The zero-order valence-corrected chi connectivity index (χ0v) is 26.1. The molecule has 0 amide bonds. The Morgan fingerprint density at radius 1 is 0.378 bits per heavy atom. The van der Waals surface area contributed by atoms with Gasteiger partial charge in [-0.2, -0.15) is 0 Å². The van der Waals surface area contributed by atoms with Crippen molar-refractivity contribution < 1.29 is 4.57 Å². The number of benzene rings is 8. The van der Waals surface area contributed by atoms with Crippen molar-refractivity contribution in [2.45, 2.75) is 0 Å². The summed E-state index contributed by atoms with van der Waals surface area (Å²) in [6.45, 7) is 0. The van der Waals surface area contributed by atoms with Crippen LogP contribution in [0, 0.1) is 0 Å². The Bertz CT molecular complexity index is 2530. The van der Waals surface area contributed by atoms with E-state index in [2.05, 4.69) is 103 Å². The van der Waals surface area contributed by atoms with E-state index in [-0.39, 0.29) is 0 Å². The van der Waals surface area contributed by atoms with Crippen molar-refractivity contribution in [3.63, 3.8) is 0 Å². The van der Waals surface area contributed by atoms with E-state index in [4.69, 9.17) is 0 Å². The predicted octanol–water partition coefficient (Wildman–Crippen LogP) is 10.8. The van der Waals surface area contributed by atoms with Crippen molar-refractivity contribution >= 4 is 86.9 Å². The summed E-state index contributed by atoms with van der Waals surface area (Å²) in [6, 6.07) is 57.3. The molecule has 0 unspecified atom stereocenters. The maximum Gasteiger partial charge on any atom is 0.171 e. The summed E-state index contributed by atoms with van der Waals surface area (Å²) in [4.78, 5) is 0. The topological polar surface area (TPSA) is 17.1 Å². The molecule has 9 aromatic rings. The van der Waals surface area contributed by atoms with Crippen LogP contribution in [0.15, 0.2) is 164 Å². The minimum Gasteiger partial charge on any atom is -0.309 e. The van der Waals surface area contributed by atoms with Crippen LogP contribution in [0.1, 0.15) is 0 Å². The molecule has 212 valence electrons. The Morgan fingerprint density at radius 3 is 1.49 bits per heavy atom. The second-order valence-corrected chi connectivity index (χ2v) is 15.4. The summed E-state index contributed by atoms with van der Waals surface area (Å²) < 4.78 is 17.6. The smallest absolute Gasteiger partial charge is 0.171 e. The number of rotatable bonds is 4. The van der Waals surface area contributed by atoms with Gasteiger partial charge < -0.3 is 4.57 Å². The summed E-state index contributed by atoms with van der Waals surface area (Å²) in [5.74, 6) is 0. The number of thiophene rings is 1. The van der Waals surface area contributed by atoms with Gasteiger partial charge in [0.05, 0.1) is 0 Å². The van der Waals surface area contributed by atoms with Gasteiger partial charge in [-0.1, -0.05) is 133 Å². The normalized spacial score (nSPS) is 12.1. The van der Waals surface area contributed by atoms with E-state index in [0.29, 0.717) is 0 Å². The van der Waals surface area contributed by atoms with E-state index >= 15 is 4.57 Å². The molecule has 0 saturated heterocycles. The third-order valence-corrected chi connectivity index (χ3v) is 13.3. The van der Waals surface area contributed by atoms with Gasteiger partial charge in [-0.15, -0.1) is 11.3 Å². The second-order valence-electron chi connectivity index (χ2n) is 11.6. The molecule has 0 fully saturated rings. The molecule has 8 aromatic carbocycles. The largest absolute Gasteiger partial charge is 0.309 e. The zero-order valence-electron chi connectivity index (χ0n) is 24.4. The van der Waals surface area contributed by atoms with E-state index in [0.717, 1.165) is 21.3 Å². The molecule has 1 aromatic heterocycles. The molecule has 0 bridgehead atoms. The first-order valence-electron chi connectivity index (χ1n) is 15.2. The lowest BCUT2D eigenvalue weighted by atomic mass is 9.89. The molecule has 0 spiro atoms. The molecule has 0 N–H and O–H groups in total. The maximum absolute atomic E-state index is 15.2. The van der Waals surface area contributed by atoms with Gasteiger partial charge >= 0.3 is 0 Å². The highest BCUT2D eigenvalue weighted by Gasteiger charge is 2.30. The fourth-order valence-corrected chi connectivity index (χ4v) is 10.8. The molecule has 1 heterocycles. The van der Waals surface area contributed by atoms with Crippen LogP contribution in [0.2, 0.25) is 0 Å². The Morgan fingerprint density at radius 2 is 0.867 bits per heavy atom. The Balaban J connectivity index is 1.30. The van der Waals surface area contributed by atoms with Crippen LogP contribution >= 0.6 is 18.5 Å². The first-order valence-corrected chi connectivity index (χ1v) is 17.7. The third kappa shape index (κ3) is 4.03. The predicted molar refractivity (Wildman–Crippen MR) is 197 cm³/mol. The second kappa shape index (κ2) is 10.3. The van der Waals surface area contributed by atoms with Crippen molar-refractivity contribution in [2.75, 3.05) is 0 Å². The van der Waals surface area contributed by atoms with Crippen LogP contribution in [-0.2, 0) is 4.57 Å². The van der Waals surface area contributed by atoms with Crippen molar-refractivity contribution in [3.05, 3.63) is 164 Å². The molecule has 9 rings (SSSR count). The van der Waals surface area contributed by atoms with Gasteiger partial charge in [0.2, 0.25) is 0 Å². The van der Waals surface area contributed by atoms with Gasteiger partial charge in [0.25, 0.3) is 0 Å². The summed E-state index contributed by atoms with van der Waals surface area (Å²) in [5, 5.41) is 12.6. The van der Waals surface area contributed by atoms with Crippen LogP contribution in [0.5, 0.6) is 0 Å². The molecule has 0 aliphatic carbocycles. The maximum atomic E-state index is 15.2. The lowest BCUT2D eigenvalue weighted by Crippen LogP contribution is -2.24. The minimum atomic E-state index is -3.08. The monoisotopic (exact) mass is 610 g/mol. The van der Waals surface area contributed by atoms with Crippen LogP contribution in [0.3, 0.4) is 0 Å². The first kappa shape index (κ1) is 26.4. The zero-order chi connectivity index (χ0) is 30.0. The third-order valence-electron chi connectivity index (χ3n) is 9.14. The van der Waals surface area contributed by atoms with E-state index in [1.54, 1.807) is 11.3 Å². The Labute approximate surface area is 265 Å². The molecule has 0 radical (unpaired) electrons. The fraction of sp³-hybridized carbons (Fsp3) is 0. The van der Waals surface area contributed by atoms with Gasteiger partial charge in [-0.3, -0.25) is 0 Å². The summed E-state index contributed by atoms with van der Waals surface area (Å²) in [5.41, 5.74) is 2.42. The molecular weight excluding hydrogens is 584 g/mol. The number of fused-ring (bicyclic) bond motifs is 9. The van der Waals surface area contributed by atoms with Gasteiger partial charge in [0.15, 0.2) is 7.14 Å². The highest BCUT2D eigenvalue weighted by atomic mass is 32.1.